The Morgan fingerprint density at radius 2 is 1.65 bits per heavy atom. The summed E-state index contributed by atoms with van der Waals surface area (Å²) in [6, 6.07) is 7.56. The van der Waals surface area contributed by atoms with E-state index < -0.39 is 0 Å². The molecule has 1 aromatic heterocycles. The van der Waals surface area contributed by atoms with Gasteiger partial charge in [0.1, 0.15) is 0 Å². The summed E-state index contributed by atoms with van der Waals surface area (Å²) in [7, 11) is 3.05. The van der Waals surface area contributed by atoms with Crippen molar-refractivity contribution < 1.29 is 14.2 Å². The van der Waals surface area contributed by atoms with Crippen LogP contribution in [-0.2, 0) is 0 Å². The number of hydrogen-bond acceptors (Lipinski definition) is 7. The average molecular weight is 276 g/mol. The van der Waals surface area contributed by atoms with E-state index in [0.29, 0.717) is 24.0 Å². The Morgan fingerprint density at radius 3 is 2.30 bits per heavy atom. The van der Waals surface area contributed by atoms with E-state index in [1.807, 2.05) is 19.1 Å². The summed E-state index contributed by atoms with van der Waals surface area (Å²) in [5.74, 6) is 1.51. The molecule has 0 spiro atoms. The zero-order valence-electron chi connectivity index (χ0n) is 11.6. The maximum Gasteiger partial charge on any atom is 0.330 e. The quantitative estimate of drug-likeness (QED) is 0.865. The Morgan fingerprint density at radius 1 is 0.950 bits per heavy atom. The van der Waals surface area contributed by atoms with E-state index >= 15 is 0 Å². The molecule has 0 saturated carbocycles. The molecule has 1 heterocycles. The number of anilines is 1. The van der Waals surface area contributed by atoms with Crippen molar-refractivity contribution in [2.75, 3.05) is 26.1 Å². The highest BCUT2D eigenvalue weighted by Gasteiger charge is 2.11. The Labute approximate surface area is 116 Å². The molecule has 1 N–H and O–H groups in total. The maximum atomic E-state index is 5.62. The lowest BCUT2D eigenvalue weighted by Crippen LogP contribution is -2.06. The molecule has 20 heavy (non-hydrogen) atoms. The number of aromatic nitrogens is 3. The molecule has 0 aliphatic heterocycles. The van der Waals surface area contributed by atoms with Crippen LogP contribution in [0.1, 0.15) is 6.92 Å². The van der Waals surface area contributed by atoms with Gasteiger partial charge in [-0.1, -0.05) is 12.1 Å². The number of methoxy groups -OCH3 is 2. The fraction of sp³-hybridized carbons (Fsp3) is 0.308. The summed E-state index contributed by atoms with van der Waals surface area (Å²) in [6.07, 6.45) is 0. The summed E-state index contributed by atoms with van der Waals surface area (Å²) < 4.78 is 15.9. The van der Waals surface area contributed by atoms with Gasteiger partial charge in [0.05, 0.1) is 14.2 Å². The van der Waals surface area contributed by atoms with Crippen molar-refractivity contribution in [3.05, 3.63) is 24.3 Å². The minimum atomic E-state index is 0.136. The first-order valence-electron chi connectivity index (χ1n) is 6.11. The third-order valence-electron chi connectivity index (χ3n) is 2.38. The van der Waals surface area contributed by atoms with E-state index in [9.17, 15) is 0 Å². The lowest BCUT2D eigenvalue weighted by molar-refractivity contribution is 0.346. The van der Waals surface area contributed by atoms with E-state index in [2.05, 4.69) is 20.3 Å². The first-order valence-corrected chi connectivity index (χ1v) is 6.11. The van der Waals surface area contributed by atoms with E-state index in [1.54, 1.807) is 19.2 Å². The first kappa shape index (κ1) is 13.9. The SMILES string of the molecule is CCNc1nc(OC)nc(Oc2ccccc2OC)n1. The molecule has 106 valence electrons. The van der Waals surface area contributed by atoms with Crippen LogP contribution in [0.4, 0.5) is 5.95 Å². The van der Waals surface area contributed by atoms with Crippen molar-refractivity contribution in [2.45, 2.75) is 6.92 Å². The van der Waals surface area contributed by atoms with Crippen LogP contribution in [0.25, 0.3) is 0 Å². The predicted molar refractivity (Wildman–Crippen MR) is 73.6 cm³/mol. The summed E-state index contributed by atoms with van der Waals surface area (Å²) in [6.45, 7) is 2.62. The standard InChI is InChI=1S/C13H16N4O3/c1-4-14-11-15-12(19-3)17-13(16-11)20-10-8-6-5-7-9(10)18-2/h5-8H,4H2,1-3H3,(H,14,15,16,17). The lowest BCUT2D eigenvalue weighted by atomic mass is 10.3. The Balaban J connectivity index is 2.30. The Bertz CT molecular complexity index is 577. The van der Waals surface area contributed by atoms with Crippen molar-refractivity contribution in [3.8, 4) is 23.5 Å². The zero-order valence-corrected chi connectivity index (χ0v) is 11.6. The van der Waals surface area contributed by atoms with Gasteiger partial charge >= 0.3 is 12.0 Å². The normalized spacial score (nSPS) is 9.95. The molecule has 7 nitrogen and oxygen atoms in total. The third-order valence-corrected chi connectivity index (χ3v) is 2.38. The number of nitrogens with one attached hydrogen (secondary N) is 1. The minimum Gasteiger partial charge on any atom is -0.493 e. The van der Waals surface area contributed by atoms with E-state index in [4.69, 9.17) is 14.2 Å². The molecule has 0 unspecified atom stereocenters. The molecule has 1 aromatic carbocycles. The van der Waals surface area contributed by atoms with E-state index in [-0.39, 0.29) is 12.0 Å². The van der Waals surface area contributed by atoms with Gasteiger partial charge in [-0.25, -0.2) is 0 Å². The van der Waals surface area contributed by atoms with Gasteiger partial charge in [-0.05, 0) is 19.1 Å². The van der Waals surface area contributed by atoms with Crippen molar-refractivity contribution in [2.24, 2.45) is 0 Å². The fourth-order valence-electron chi connectivity index (χ4n) is 1.51. The molecule has 0 aliphatic carbocycles. The second kappa shape index (κ2) is 6.55. The van der Waals surface area contributed by atoms with Crippen molar-refractivity contribution in [1.82, 2.24) is 15.0 Å². The van der Waals surface area contributed by atoms with Gasteiger partial charge in [0, 0.05) is 6.54 Å². The summed E-state index contributed by atoms with van der Waals surface area (Å²) in [5.41, 5.74) is 0. The molecule has 7 heteroatoms. The molecule has 0 amide bonds. The average Bonchev–Trinajstić information content (AvgIpc) is 2.48. The molecule has 0 radical (unpaired) electrons. The summed E-state index contributed by atoms with van der Waals surface area (Å²) in [4.78, 5) is 12.3. The van der Waals surface area contributed by atoms with E-state index in [1.165, 1.54) is 7.11 Å². The Kier molecular flexibility index (Phi) is 4.54. The molecular weight excluding hydrogens is 260 g/mol. The second-order valence-electron chi connectivity index (χ2n) is 3.71. The van der Waals surface area contributed by atoms with Crippen LogP contribution in [0.15, 0.2) is 24.3 Å². The van der Waals surface area contributed by atoms with Crippen LogP contribution < -0.4 is 19.5 Å². The second-order valence-corrected chi connectivity index (χ2v) is 3.71. The lowest BCUT2D eigenvalue weighted by Gasteiger charge is -2.10. The van der Waals surface area contributed by atoms with Crippen LogP contribution in [0.5, 0.6) is 23.5 Å². The monoisotopic (exact) mass is 276 g/mol. The number of benzene rings is 1. The molecular formula is C13H16N4O3. The number of rotatable bonds is 6. The molecule has 0 bridgehead atoms. The number of hydrogen-bond donors (Lipinski definition) is 1. The van der Waals surface area contributed by atoms with Crippen LogP contribution >= 0.6 is 0 Å². The first-order chi connectivity index (χ1) is 9.76. The van der Waals surface area contributed by atoms with Crippen molar-refractivity contribution >= 4 is 5.95 Å². The summed E-state index contributed by atoms with van der Waals surface area (Å²) >= 11 is 0. The molecule has 2 rings (SSSR count). The van der Waals surface area contributed by atoms with Crippen LogP contribution in [-0.4, -0.2) is 35.7 Å². The van der Waals surface area contributed by atoms with E-state index in [0.717, 1.165) is 0 Å². The van der Waals surface area contributed by atoms with Gasteiger partial charge in [-0.3, -0.25) is 0 Å². The van der Waals surface area contributed by atoms with Crippen LogP contribution in [0, 0.1) is 0 Å². The zero-order chi connectivity index (χ0) is 14.4. The molecule has 0 aliphatic rings. The third kappa shape index (κ3) is 3.25. The highest BCUT2D eigenvalue weighted by molar-refractivity contribution is 5.41. The Hall–Kier alpha value is -2.57. The number of nitrogens with zero attached hydrogens (tertiary/aromatic N) is 3. The van der Waals surface area contributed by atoms with Gasteiger partial charge < -0.3 is 19.5 Å². The number of ether oxygens (including phenoxy) is 3. The van der Waals surface area contributed by atoms with Crippen LogP contribution in [0.3, 0.4) is 0 Å². The maximum absolute atomic E-state index is 5.62. The summed E-state index contributed by atoms with van der Waals surface area (Å²) in [5, 5.41) is 2.98. The van der Waals surface area contributed by atoms with Gasteiger partial charge in [-0.2, -0.15) is 9.97 Å². The minimum absolute atomic E-state index is 0.136. The molecule has 0 fully saturated rings. The van der Waals surface area contributed by atoms with Crippen LogP contribution in [0.2, 0.25) is 0 Å². The highest BCUT2D eigenvalue weighted by Crippen LogP contribution is 2.29. The fourth-order valence-corrected chi connectivity index (χ4v) is 1.51. The molecule has 0 atom stereocenters. The topological polar surface area (TPSA) is 78.4 Å². The largest absolute Gasteiger partial charge is 0.493 e. The predicted octanol–water partition coefficient (Wildman–Crippen LogP) is 2.11. The van der Waals surface area contributed by atoms with Crippen molar-refractivity contribution in [1.29, 1.82) is 0 Å². The van der Waals surface area contributed by atoms with Gasteiger partial charge in [0.25, 0.3) is 0 Å². The molecule has 2 aromatic rings. The van der Waals surface area contributed by atoms with Gasteiger partial charge in [0.15, 0.2) is 11.5 Å². The van der Waals surface area contributed by atoms with Crippen molar-refractivity contribution in [3.63, 3.8) is 0 Å². The highest BCUT2D eigenvalue weighted by atomic mass is 16.5. The van der Waals surface area contributed by atoms with Gasteiger partial charge in [0.2, 0.25) is 5.95 Å². The van der Waals surface area contributed by atoms with Gasteiger partial charge in [-0.15, -0.1) is 4.98 Å². The molecule has 0 saturated heterocycles. The smallest absolute Gasteiger partial charge is 0.330 e. The number of para-hydroxylation sites is 2.